The fraction of sp³-hybridized carbons (Fsp3) is 0.0278. The normalized spacial score (nSPS) is 11.0. The molecule has 0 saturated heterocycles. The molecule has 0 saturated carbocycles. The van der Waals surface area contributed by atoms with Crippen molar-refractivity contribution in [2.45, 2.75) is 6.92 Å². The van der Waals surface area contributed by atoms with Crippen LogP contribution in [0.25, 0.3) is 133 Å². The third-order valence-corrected chi connectivity index (χ3v) is 15.9. The van der Waals surface area contributed by atoms with Crippen LogP contribution >= 0.6 is 15.9 Å². The van der Waals surface area contributed by atoms with Crippen LogP contribution in [-0.2, 0) is 14.3 Å². The van der Waals surface area contributed by atoms with Gasteiger partial charge >= 0.3 is 19.8 Å². The fourth-order valence-corrected chi connectivity index (χ4v) is 11.9. The number of methoxy groups -OCH3 is 1. The summed E-state index contributed by atoms with van der Waals surface area (Å²) in [4.78, 5) is 47.6. The second-order valence-corrected chi connectivity index (χ2v) is 21.0. The molecule has 0 aliphatic carbocycles. The molecule has 0 unspecified atom stereocenters. The van der Waals surface area contributed by atoms with E-state index in [4.69, 9.17) is 43.0 Å². The fourth-order valence-electron chi connectivity index (χ4n) is 11.4. The summed E-state index contributed by atoms with van der Waals surface area (Å²) >= 11 is 3.24. The summed E-state index contributed by atoms with van der Waals surface area (Å²) < 4.78 is 27.7. The van der Waals surface area contributed by atoms with Crippen molar-refractivity contribution in [3.63, 3.8) is 0 Å². The second-order valence-electron chi connectivity index (χ2n) is 20.2. The van der Waals surface area contributed by atoms with E-state index in [1.54, 1.807) is 24.3 Å². The van der Waals surface area contributed by atoms with Crippen molar-refractivity contribution in [1.29, 1.82) is 0 Å². The molecule has 0 fully saturated rings. The molecule has 14 nitrogen and oxygen atoms in total. The van der Waals surface area contributed by atoms with Crippen molar-refractivity contribution < 1.29 is 37.6 Å². The minimum Gasteiger partial charge on any atom is -0.535 e. The first-order valence-electron chi connectivity index (χ1n) is 27.8. The Morgan fingerprint density at radius 2 is 0.875 bits per heavy atom. The van der Waals surface area contributed by atoms with E-state index in [9.17, 15) is 9.82 Å². The van der Waals surface area contributed by atoms with Gasteiger partial charge in [-0.1, -0.05) is 200 Å². The SMILES string of the molecule is COC(=O)c1ccccc1Br.Cc1ccccc1-c1cccc2c1oc1nc(-n3c4ccccc4c4ccccc43)nc(-c3ccccc3)c12.O=C=O.O[B]Oc1cccc2c1oc1nc(-n3c4ccccc4c4ccccc43)nc(-c3ccccc3)c12. The number of nitrogens with zero attached hydrogens (tertiary/aromatic N) is 6. The molecule has 16 rings (SSSR count). The number of furan rings is 2. The number of benzene rings is 10. The van der Waals surface area contributed by atoms with Crippen LogP contribution in [0.2, 0.25) is 0 Å². The molecule has 1 N–H and O–H groups in total. The lowest BCUT2D eigenvalue weighted by Crippen LogP contribution is -2.02. The summed E-state index contributed by atoms with van der Waals surface area (Å²) in [6.45, 7) is 2.13. The van der Waals surface area contributed by atoms with Gasteiger partial charge in [0.05, 0.1) is 56.9 Å². The number of carbonyl (C=O) groups excluding carboxylic acids is 3. The summed E-state index contributed by atoms with van der Waals surface area (Å²) in [5, 5.41) is 17.4. The number of rotatable bonds is 8. The van der Waals surface area contributed by atoms with Crippen LogP contribution in [0.15, 0.2) is 256 Å². The Labute approximate surface area is 510 Å². The summed E-state index contributed by atoms with van der Waals surface area (Å²) in [6.07, 6.45) is 0.250. The van der Waals surface area contributed by atoms with Crippen LogP contribution in [0.3, 0.4) is 0 Å². The van der Waals surface area contributed by atoms with Gasteiger partial charge in [0.2, 0.25) is 23.3 Å². The molecule has 423 valence electrons. The molecule has 0 amide bonds. The minimum atomic E-state index is -0.322. The average Bonchev–Trinajstić information content (AvgIpc) is 1.65. The van der Waals surface area contributed by atoms with Crippen molar-refractivity contribution >= 4 is 123 Å². The number of hydrogen-bond acceptors (Lipinski definition) is 12. The van der Waals surface area contributed by atoms with E-state index in [2.05, 4.69) is 164 Å². The highest BCUT2D eigenvalue weighted by atomic mass is 79.9. The molecule has 16 heteroatoms. The Hall–Kier alpha value is -11.3. The topological polar surface area (TPSA) is 178 Å². The maximum absolute atomic E-state index is 11.0. The van der Waals surface area contributed by atoms with E-state index >= 15 is 0 Å². The van der Waals surface area contributed by atoms with Gasteiger partial charge in [0.15, 0.2) is 5.58 Å². The van der Waals surface area contributed by atoms with E-state index in [0.29, 0.717) is 47.9 Å². The first-order valence-corrected chi connectivity index (χ1v) is 28.6. The van der Waals surface area contributed by atoms with E-state index < -0.39 is 0 Å². The number of esters is 1. The van der Waals surface area contributed by atoms with Crippen molar-refractivity contribution in [1.82, 2.24) is 29.1 Å². The van der Waals surface area contributed by atoms with Gasteiger partial charge < -0.3 is 23.2 Å². The first kappa shape index (κ1) is 55.9. The number of fused-ring (bicyclic) bond motifs is 12. The molecule has 16 aromatic rings. The Kier molecular flexibility index (Phi) is 15.5. The lowest BCUT2D eigenvalue weighted by molar-refractivity contribution is -0.191. The number of aryl methyl sites for hydroxylation is 1. The predicted octanol–water partition coefficient (Wildman–Crippen LogP) is 16.8. The maximum atomic E-state index is 11.0. The van der Waals surface area contributed by atoms with Gasteiger partial charge in [-0.25, -0.2) is 14.8 Å². The zero-order chi connectivity index (χ0) is 60.3. The first-order chi connectivity index (χ1) is 43.3. The average molecular weight is 1210 g/mol. The smallest absolute Gasteiger partial charge is 0.535 e. The maximum Gasteiger partial charge on any atom is 0.569 e. The summed E-state index contributed by atoms with van der Waals surface area (Å²) in [5.41, 5.74) is 14.1. The van der Waals surface area contributed by atoms with Gasteiger partial charge in [-0.2, -0.15) is 19.6 Å². The zero-order valence-corrected chi connectivity index (χ0v) is 48.6. The van der Waals surface area contributed by atoms with E-state index in [1.807, 2.05) is 91.0 Å². The molecule has 6 heterocycles. The van der Waals surface area contributed by atoms with Crippen LogP contribution in [0.1, 0.15) is 15.9 Å². The number of aromatic nitrogens is 6. The highest BCUT2D eigenvalue weighted by molar-refractivity contribution is 9.10. The number of ether oxygens (including phenoxy) is 1. The summed E-state index contributed by atoms with van der Waals surface area (Å²) in [5.74, 6) is 1.19. The third-order valence-electron chi connectivity index (χ3n) is 15.2. The quantitative estimate of drug-likeness (QED) is 0.113. The van der Waals surface area contributed by atoms with Crippen molar-refractivity contribution in [3.05, 3.63) is 258 Å². The molecule has 0 atom stereocenters. The van der Waals surface area contributed by atoms with E-state index in [1.165, 1.54) is 23.4 Å². The Morgan fingerprint density at radius 1 is 0.477 bits per heavy atom. The zero-order valence-electron chi connectivity index (χ0n) is 47.0. The number of hydrogen-bond donors (Lipinski definition) is 1. The highest BCUT2D eigenvalue weighted by Crippen LogP contribution is 2.43. The van der Waals surface area contributed by atoms with Crippen molar-refractivity contribution in [2.75, 3.05) is 7.11 Å². The summed E-state index contributed by atoms with van der Waals surface area (Å²) in [7, 11) is 2.01. The number of carbonyl (C=O) groups is 1. The lowest BCUT2D eigenvalue weighted by atomic mass is 9.98. The standard InChI is InChI=1S/C35H23N3O.C28H17BN3O3.C8H7BrO2.CO2/c1-22-12-5-6-15-24(22)27-18-11-19-28-31-32(23-13-3-2-4-14-23)36-35(37-34(31)39-33(27)28)38-29-20-9-7-16-25(29)26-17-8-10-21-30(26)38;33-29-35-23-16-8-13-20-24-25(17-9-2-1-3-10-17)30-28(31-27(24)34-26(20)23)32-21-14-6-4-11-18(21)19-12-5-7-15-22(19)32;1-11-8(10)6-4-2-3-5-7(6)9;2-1-3/h2-21H,1H3;1-16,33H;2-5H,1H3;. The largest absolute Gasteiger partial charge is 0.569 e. The lowest BCUT2D eigenvalue weighted by Gasteiger charge is -2.09. The molecule has 0 aliphatic rings. The minimum absolute atomic E-state index is 0.250. The number of para-hydroxylation sites is 6. The van der Waals surface area contributed by atoms with Crippen molar-refractivity contribution in [2.24, 2.45) is 0 Å². The molecule has 10 aromatic carbocycles. The highest BCUT2D eigenvalue weighted by Gasteiger charge is 2.25. The second kappa shape index (κ2) is 24.4. The molecular formula is C72H47BBrN6O8. The Bertz CT molecular complexity index is 5220. The molecule has 6 aromatic heterocycles. The molecule has 0 bridgehead atoms. The van der Waals surface area contributed by atoms with Gasteiger partial charge in [-0.3, -0.25) is 9.13 Å². The van der Waals surface area contributed by atoms with Gasteiger partial charge in [-0.15, -0.1) is 0 Å². The molecule has 88 heavy (non-hydrogen) atoms. The van der Waals surface area contributed by atoms with Crippen LogP contribution in [0.4, 0.5) is 0 Å². The van der Waals surface area contributed by atoms with Crippen LogP contribution in [-0.4, -0.2) is 61.0 Å². The summed E-state index contributed by atoms with van der Waals surface area (Å²) in [6, 6.07) is 81.0. The van der Waals surface area contributed by atoms with Gasteiger partial charge in [-0.05, 0) is 76.4 Å². The van der Waals surface area contributed by atoms with Gasteiger partial charge in [0, 0.05) is 53.5 Å². The van der Waals surface area contributed by atoms with Crippen molar-refractivity contribution in [3.8, 4) is 51.3 Å². The predicted molar refractivity (Wildman–Crippen MR) is 347 cm³/mol. The van der Waals surface area contributed by atoms with Crippen LogP contribution in [0, 0.1) is 6.92 Å². The van der Waals surface area contributed by atoms with Crippen LogP contribution < -0.4 is 4.65 Å². The van der Waals surface area contributed by atoms with E-state index in [-0.39, 0.29) is 12.1 Å². The molecule has 0 spiro atoms. The Balaban J connectivity index is 0.000000134. The number of halogens is 1. The van der Waals surface area contributed by atoms with Gasteiger partial charge in [0.25, 0.3) is 0 Å². The molecule has 1 radical (unpaired) electrons. The van der Waals surface area contributed by atoms with Gasteiger partial charge in [0.1, 0.15) is 11.3 Å². The monoisotopic (exact) mass is 1210 g/mol. The molecule has 0 aliphatic heterocycles. The third kappa shape index (κ3) is 10.2. The van der Waals surface area contributed by atoms with Crippen LogP contribution in [0.5, 0.6) is 5.75 Å². The molecular weight excluding hydrogens is 1170 g/mol. The van der Waals surface area contributed by atoms with E-state index in [0.717, 1.165) is 98.1 Å². The Morgan fingerprint density at radius 3 is 1.35 bits per heavy atom.